The molecule has 0 saturated heterocycles. The first kappa shape index (κ1) is 11.2. The van der Waals surface area contributed by atoms with Gasteiger partial charge in [0, 0.05) is 5.69 Å². The molecule has 2 unspecified atom stereocenters. The van der Waals surface area contributed by atoms with Gasteiger partial charge in [-0.15, -0.1) is 0 Å². The standard InChI is InChI=1S/C14H19NO/c16-11-14(12-7-3-1-4-8-12)15-13-9-5-2-6-10-13/h1-3,5-6,9-10,12,14-16H,4,7-8,11H2. The van der Waals surface area contributed by atoms with Crippen LogP contribution in [0.25, 0.3) is 0 Å². The number of aliphatic hydroxyl groups is 1. The fourth-order valence-corrected chi connectivity index (χ4v) is 2.24. The summed E-state index contributed by atoms with van der Waals surface area (Å²) in [5.41, 5.74) is 1.09. The number of anilines is 1. The zero-order valence-corrected chi connectivity index (χ0v) is 9.47. The van der Waals surface area contributed by atoms with E-state index in [4.69, 9.17) is 0 Å². The van der Waals surface area contributed by atoms with Gasteiger partial charge in [0.15, 0.2) is 0 Å². The number of nitrogens with one attached hydrogen (secondary N) is 1. The Hall–Kier alpha value is -1.28. The van der Waals surface area contributed by atoms with Crippen LogP contribution in [-0.2, 0) is 0 Å². The third kappa shape index (κ3) is 2.86. The van der Waals surface area contributed by atoms with E-state index in [9.17, 15) is 5.11 Å². The molecule has 0 amide bonds. The molecule has 2 nitrogen and oxygen atoms in total. The largest absolute Gasteiger partial charge is 0.394 e. The van der Waals surface area contributed by atoms with Crippen molar-refractivity contribution < 1.29 is 5.11 Å². The Bertz CT molecular complexity index is 334. The van der Waals surface area contributed by atoms with Crippen LogP contribution in [0.2, 0.25) is 0 Å². The molecule has 2 rings (SSSR count). The molecular formula is C14H19NO. The van der Waals surface area contributed by atoms with Gasteiger partial charge in [0.25, 0.3) is 0 Å². The minimum absolute atomic E-state index is 0.173. The molecule has 1 aromatic rings. The fraction of sp³-hybridized carbons (Fsp3) is 0.429. The average Bonchev–Trinajstić information content (AvgIpc) is 2.38. The van der Waals surface area contributed by atoms with E-state index in [-0.39, 0.29) is 12.6 Å². The van der Waals surface area contributed by atoms with Crippen molar-refractivity contribution >= 4 is 5.69 Å². The summed E-state index contributed by atoms with van der Waals surface area (Å²) < 4.78 is 0. The van der Waals surface area contributed by atoms with Crippen molar-refractivity contribution in [1.29, 1.82) is 0 Å². The Balaban J connectivity index is 1.97. The number of rotatable bonds is 4. The van der Waals surface area contributed by atoms with Crippen LogP contribution in [0, 0.1) is 5.92 Å². The van der Waals surface area contributed by atoms with E-state index in [0.29, 0.717) is 5.92 Å². The van der Waals surface area contributed by atoms with E-state index in [2.05, 4.69) is 17.5 Å². The second-order valence-corrected chi connectivity index (χ2v) is 4.34. The van der Waals surface area contributed by atoms with Gasteiger partial charge in [-0.1, -0.05) is 30.4 Å². The van der Waals surface area contributed by atoms with E-state index in [1.54, 1.807) is 0 Å². The number of hydrogen-bond donors (Lipinski definition) is 2. The van der Waals surface area contributed by atoms with Gasteiger partial charge in [-0.05, 0) is 37.3 Å². The summed E-state index contributed by atoms with van der Waals surface area (Å²) in [4.78, 5) is 0. The number of benzene rings is 1. The molecule has 16 heavy (non-hydrogen) atoms. The first-order chi connectivity index (χ1) is 7.90. The van der Waals surface area contributed by atoms with Crippen molar-refractivity contribution in [2.75, 3.05) is 11.9 Å². The normalized spacial score (nSPS) is 21.7. The summed E-state index contributed by atoms with van der Waals surface area (Å²) >= 11 is 0. The molecule has 0 spiro atoms. The molecule has 0 bridgehead atoms. The Morgan fingerprint density at radius 1 is 1.25 bits per heavy atom. The monoisotopic (exact) mass is 217 g/mol. The molecule has 2 N–H and O–H groups in total. The first-order valence-electron chi connectivity index (χ1n) is 5.97. The van der Waals surface area contributed by atoms with Gasteiger partial charge < -0.3 is 10.4 Å². The lowest BCUT2D eigenvalue weighted by molar-refractivity contribution is 0.230. The summed E-state index contributed by atoms with van der Waals surface area (Å²) in [7, 11) is 0. The maximum absolute atomic E-state index is 9.45. The minimum Gasteiger partial charge on any atom is -0.394 e. The maximum atomic E-state index is 9.45. The molecule has 1 aliphatic carbocycles. The molecule has 86 valence electrons. The SMILES string of the molecule is OCC(Nc1ccccc1)C1CC=CCC1. The van der Waals surface area contributed by atoms with Gasteiger partial charge in [-0.3, -0.25) is 0 Å². The smallest absolute Gasteiger partial charge is 0.0635 e. The van der Waals surface area contributed by atoms with E-state index in [1.165, 1.54) is 6.42 Å². The highest BCUT2D eigenvalue weighted by Gasteiger charge is 2.20. The fourth-order valence-electron chi connectivity index (χ4n) is 2.24. The van der Waals surface area contributed by atoms with Crippen molar-refractivity contribution in [2.45, 2.75) is 25.3 Å². The van der Waals surface area contributed by atoms with Crippen molar-refractivity contribution in [3.63, 3.8) is 0 Å². The summed E-state index contributed by atoms with van der Waals surface area (Å²) in [6.07, 6.45) is 7.83. The third-order valence-corrected chi connectivity index (χ3v) is 3.20. The van der Waals surface area contributed by atoms with E-state index in [1.807, 2.05) is 30.3 Å². The number of aliphatic hydroxyl groups excluding tert-OH is 1. The van der Waals surface area contributed by atoms with Gasteiger partial charge >= 0.3 is 0 Å². The lowest BCUT2D eigenvalue weighted by Gasteiger charge is -2.28. The quantitative estimate of drug-likeness (QED) is 0.760. The van der Waals surface area contributed by atoms with E-state index < -0.39 is 0 Å². The van der Waals surface area contributed by atoms with Gasteiger partial charge in [0.1, 0.15) is 0 Å². The van der Waals surface area contributed by atoms with Crippen LogP contribution < -0.4 is 5.32 Å². The van der Waals surface area contributed by atoms with Gasteiger partial charge in [0.2, 0.25) is 0 Å². The number of hydrogen-bond acceptors (Lipinski definition) is 2. The van der Waals surface area contributed by atoms with Gasteiger partial charge in [0.05, 0.1) is 12.6 Å². The number of para-hydroxylation sites is 1. The predicted octanol–water partition coefficient (Wildman–Crippen LogP) is 2.82. The number of allylic oxidation sites excluding steroid dienone is 2. The van der Waals surface area contributed by atoms with Crippen molar-refractivity contribution in [1.82, 2.24) is 0 Å². The minimum atomic E-state index is 0.173. The second kappa shape index (κ2) is 5.71. The molecule has 0 radical (unpaired) electrons. The molecule has 0 aromatic heterocycles. The maximum Gasteiger partial charge on any atom is 0.0635 e. The van der Waals surface area contributed by atoms with Crippen molar-refractivity contribution in [3.8, 4) is 0 Å². The van der Waals surface area contributed by atoms with Crippen LogP contribution >= 0.6 is 0 Å². The molecule has 1 aromatic carbocycles. The van der Waals surface area contributed by atoms with Crippen LogP contribution in [-0.4, -0.2) is 17.8 Å². The molecule has 2 heteroatoms. The zero-order valence-electron chi connectivity index (χ0n) is 9.47. The average molecular weight is 217 g/mol. The zero-order chi connectivity index (χ0) is 11.2. The van der Waals surface area contributed by atoms with Gasteiger partial charge in [-0.25, -0.2) is 0 Å². The van der Waals surface area contributed by atoms with Crippen LogP contribution in [0.4, 0.5) is 5.69 Å². The summed E-state index contributed by atoms with van der Waals surface area (Å²) in [6, 6.07) is 10.3. The summed E-state index contributed by atoms with van der Waals surface area (Å²) in [5.74, 6) is 0.551. The second-order valence-electron chi connectivity index (χ2n) is 4.34. The molecule has 0 fully saturated rings. The first-order valence-corrected chi connectivity index (χ1v) is 5.97. The third-order valence-electron chi connectivity index (χ3n) is 3.20. The highest BCUT2D eigenvalue weighted by atomic mass is 16.3. The van der Waals surface area contributed by atoms with Crippen molar-refractivity contribution in [2.24, 2.45) is 5.92 Å². The van der Waals surface area contributed by atoms with Crippen molar-refractivity contribution in [3.05, 3.63) is 42.5 Å². The van der Waals surface area contributed by atoms with Crippen LogP contribution in [0.1, 0.15) is 19.3 Å². The molecule has 1 aliphatic rings. The molecule has 0 heterocycles. The van der Waals surface area contributed by atoms with Crippen LogP contribution in [0.3, 0.4) is 0 Å². The van der Waals surface area contributed by atoms with Crippen LogP contribution in [0.15, 0.2) is 42.5 Å². The Labute approximate surface area is 97.0 Å². The Morgan fingerprint density at radius 3 is 2.69 bits per heavy atom. The van der Waals surface area contributed by atoms with E-state index in [0.717, 1.165) is 18.5 Å². The molecule has 0 aliphatic heterocycles. The van der Waals surface area contributed by atoms with Gasteiger partial charge in [-0.2, -0.15) is 0 Å². The van der Waals surface area contributed by atoms with Crippen LogP contribution in [0.5, 0.6) is 0 Å². The highest BCUT2D eigenvalue weighted by Crippen LogP contribution is 2.24. The topological polar surface area (TPSA) is 32.3 Å². The molecule has 2 atom stereocenters. The Kier molecular flexibility index (Phi) is 4.00. The molecule has 0 saturated carbocycles. The highest BCUT2D eigenvalue weighted by molar-refractivity contribution is 5.43. The summed E-state index contributed by atoms with van der Waals surface area (Å²) in [5, 5.41) is 12.9. The Morgan fingerprint density at radius 2 is 2.06 bits per heavy atom. The lowest BCUT2D eigenvalue weighted by atomic mass is 9.88. The predicted molar refractivity (Wildman–Crippen MR) is 67.4 cm³/mol. The van der Waals surface area contributed by atoms with E-state index >= 15 is 0 Å². The lowest BCUT2D eigenvalue weighted by Crippen LogP contribution is -2.33. The molecular weight excluding hydrogens is 198 g/mol. The summed E-state index contributed by atoms with van der Waals surface area (Å²) in [6.45, 7) is 0.202.